The molecular weight excluding hydrogens is 407 g/mol. The molecule has 130 valence electrons. The number of hydrogen-bond donors (Lipinski definition) is 1. The molecule has 2 heterocycles. The summed E-state index contributed by atoms with van der Waals surface area (Å²) in [6, 6.07) is 4.90. The Morgan fingerprint density at radius 2 is 2.24 bits per heavy atom. The molecule has 0 aliphatic carbocycles. The summed E-state index contributed by atoms with van der Waals surface area (Å²) in [4.78, 5) is 15.7. The van der Waals surface area contributed by atoms with Crippen LogP contribution in [0.25, 0.3) is 0 Å². The van der Waals surface area contributed by atoms with Gasteiger partial charge in [-0.1, -0.05) is 35.0 Å². The molecule has 0 bridgehead atoms. The normalized spacial score (nSPS) is 10.6. The molecule has 0 spiro atoms. The van der Waals surface area contributed by atoms with Crippen molar-refractivity contribution in [2.75, 3.05) is 11.1 Å². The van der Waals surface area contributed by atoms with Crippen LogP contribution in [-0.4, -0.2) is 26.8 Å². The molecule has 1 N–H and O–H groups in total. The van der Waals surface area contributed by atoms with Crippen LogP contribution in [0.4, 0.5) is 5.13 Å². The highest BCUT2D eigenvalue weighted by atomic mass is 35.5. The molecule has 0 fully saturated rings. The third-order valence-corrected chi connectivity index (χ3v) is 4.74. The number of thioether (sulfide) groups is 1. The van der Waals surface area contributed by atoms with Crippen LogP contribution in [0.5, 0.6) is 5.75 Å². The zero-order valence-corrected chi connectivity index (χ0v) is 15.6. The standard InChI is InChI=1S/C14H10Cl2N4O3S2/c15-8-1-2-10(9(16)5-8)22-6-12-19-20-14(23-12)25-7-11(21)18-13-17-3-4-24-13/h1-5H,6-7H2,(H,17,18,21). The van der Waals surface area contributed by atoms with Gasteiger partial charge in [-0.25, -0.2) is 4.98 Å². The Hall–Kier alpha value is -1.81. The molecule has 0 aliphatic rings. The fourth-order valence-electron chi connectivity index (χ4n) is 1.65. The molecule has 1 aromatic carbocycles. The summed E-state index contributed by atoms with van der Waals surface area (Å²) in [5.74, 6) is 0.657. The summed E-state index contributed by atoms with van der Waals surface area (Å²) in [7, 11) is 0. The average Bonchev–Trinajstić information content (AvgIpc) is 3.24. The predicted molar refractivity (Wildman–Crippen MR) is 96.6 cm³/mol. The first kappa shape index (κ1) is 18.0. The molecule has 0 aliphatic heterocycles. The third-order valence-electron chi connectivity index (χ3n) is 2.70. The van der Waals surface area contributed by atoms with Crippen molar-refractivity contribution in [1.82, 2.24) is 15.2 Å². The smallest absolute Gasteiger partial charge is 0.277 e. The van der Waals surface area contributed by atoms with Crippen LogP contribution in [0.15, 0.2) is 39.4 Å². The van der Waals surface area contributed by atoms with Crippen molar-refractivity contribution in [3.63, 3.8) is 0 Å². The second kappa shape index (κ2) is 8.52. The van der Waals surface area contributed by atoms with Gasteiger partial charge in [0.1, 0.15) is 5.75 Å². The lowest BCUT2D eigenvalue weighted by molar-refractivity contribution is -0.113. The maximum Gasteiger partial charge on any atom is 0.277 e. The van der Waals surface area contributed by atoms with Gasteiger partial charge < -0.3 is 14.5 Å². The maximum atomic E-state index is 11.8. The van der Waals surface area contributed by atoms with Crippen LogP contribution in [0.3, 0.4) is 0 Å². The molecule has 0 saturated heterocycles. The Kier molecular flexibility index (Phi) is 6.14. The Morgan fingerprint density at radius 3 is 3.00 bits per heavy atom. The van der Waals surface area contributed by atoms with Gasteiger partial charge >= 0.3 is 0 Å². The second-order valence-electron chi connectivity index (χ2n) is 4.50. The number of benzene rings is 1. The van der Waals surface area contributed by atoms with E-state index in [0.717, 1.165) is 11.8 Å². The monoisotopic (exact) mass is 416 g/mol. The molecule has 3 rings (SSSR count). The molecule has 1 amide bonds. The zero-order chi connectivity index (χ0) is 17.6. The van der Waals surface area contributed by atoms with Crippen LogP contribution in [0.1, 0.15) is 5.89 Å². The van der Waals surface area contributed by atoms with Crippen molar-refractivity contribution in [3.05, 3.63) is 45.7 Å². The second-order valence-corrected chi connectivity index (χ2v) is 7.16. The van der Waals surface area contributed by atoms with E-state index in [9.17, 15) is 4.79 Å². The number of hydrogen-bond acceptors (Lipinski definition) is 8. The third kappa shape index (κ3) is 5.33. The van der Waals surface area contributed by atoms with Gasteiger partial charge in [-0.2, -0.15) is 0 Å². The van der Waals surface area contributed by atoms with Gasteiger partial charge in [-0.05, 0) is 18.2 Å². The first-order valence-electron chi connectivity index (χ1n) is 6.82. The van der Waals surface area contributed by atoms with E-state index in [2.05, 4.69) is 20.5 Å². The summed E-state index contributed by atoms with van der Waals surface area (Å²) in [6.45, 7) is 0.0558. The summed E-state index contributed by atoms with van der Waals surface area (Å²) in [5, 5.41) is 13.9. The highest BCUT2D eigenvalue weighted by Crippen LogP contribution is 2.28. The maximum absolute atomic E-state index is 11.8. The quantitative estimate of drug-likeness (QED) is 0.578. The number of anilines is 1. The molecular formula is C14H10Cl2N4O3S2. The molecule has 0 atom stereocenters. The highest BCUT2D eigenvalue weighted by molar-refractivity contribution is 7.99. The fourth-order valence-corrected chi connectivity index (χ4v) is 3.24. The van der Waals surface area contributed by atoms with E-state index in [4.69, 9.17) is 32.4 Å². The van der Waals surface area contributed by atoms with Crippen molar-refractivity contribution in [3.8, 4) is 5.75 Å². The number of nitrogens with zero attached hydrogens (tertiary/aromatic N) is 3. The lowest BCUT2D eigenvalue weighted by Gasteiger charge is -2.05. The number of carbonyl (C=O) groups is 1. The van der Waals surface area contributed by atoms with Gasteiger partial charge in [-0.15, -0.1) is 21.5 Å². The largest absolute Gasteiger partial charge is 0.482 e. The van der Waals surface area contributed by atoms with Gasteiger partial charge in [0.15, 0.2) is 11.7 Å². The summed E-state index contributed by atoms with van der Waals surface area (Å²) in [6.07, 6.45) is 1.62. The Bertz CT molecular complexity index is 858. The van der Waals surface area contributed by atoms with Gasteiger partial charge in [-0.3, -0.25) is 4.79 Å². The average molecular weight is 417 g/mol. The number of rotatable bonds is 7. The molecule has 0 saturated carbocycles. The summed E-state index contributed by atoms with van der Waals surface area (Å²) < 4.78 is 10.9. The number of aromatic nitrogens is 3. The van der Waals surface area contributed by atoms with Crippen LogP contribution < -0.4 is 10.1 Å². The molecule has 11 heteroatoms. The van der Waals surface area contributed by atoms with Crippen molar-refractivity contribution >= 4 is 57.3 Å². The topological polar surface area (TPSA) is 90.1 Å². The van der Waals surface area contributed by atoms with E-state index >= 15 is 0 Å². The minimum Gasteiger partial charge on any atom is -0.482 e. The number of carbonyl (C=O) groups excluding carboxylic acids is 1. The Labute approximate surface area is 160 Å². The molecule has 25 heavy (non-hydrogen) atoms. The van der Waals surface area contributed by atoms with E-state index in [1.54, 1.807) is 29.8 Å². The predicted octanol–water partition coefficient (Wildman–Crippen LogP) is 4.14. The van der Waals surface area contributed by atoms with E-state index in [-0.39, 0.29) is 29.4 Å². The fraction of sp³-hybridized carbons (Fsp3) is 0.143. The number of nitrogens with one attached hydrogen (secondary N) is 1. The van der Waals surface area contributed by atoms with Crippen molar-refractivity contribution in [1.29, 1.82) is 0 Å². The zero-order valence-electron chi connectivity index (χ0n) is 12.4. The first-order chi connectivity index (χ1) is 12.1. The van der Waals surface area contributed by atoms with Crippen LogP contribution in [-0.2, 0) is 11.4 Å². The number of ether oxygens (including phenoxy) is 1. The van der Waals surface area contributed by atoms with Gasteiger partial charge in [0.05, 0.1) is 10.8 Å². The number of halogens is 2. The van der Waals surface area contributed by atoms with Gasteiger partial charge in [0.25, 0.3) is 11.1 Å². The van der Waals surface area contributed by atoms with E-state index in [1.165, 1.54) is 11.3 Å². The van der Waals surface area contributed by atoms with Crippen LogP contribution in [0.2, 0.25) is 10.0 Å². The lowest BCUT2D eigenvalue weighted by atomic mass is 10.3. The minimum atomic E-state index is -0.205. The number of amides is 1. The summed E-state index contributed by atoms with van der Waals surface area (Å²) >= 11 is 14.3. The van der Waals surface area contributed by atoms with E-state index in [1.807, 2.05) is 0 Å². The summed E-state index contributed by atoms with van der Waals surface area (Å²) in [5.41, 5.74) is 0. The van der Waals surface area contributed by atoms with Crippen molar-refractivity contribution in [2.24, 2.45) is 0 Å². The highest BCUT2D eigenvalue weighted by Gasteiger charge is 2.12. The molecule has 2 aromatic heterocycles. The number of thiazole rings is 1. The van der Waals surface area contributed by atoms with Crippen LogP contribution >= 0.6 is 46.3 Å². The van der Waals surface area contributed by atoms with Gasteiger partial charge in [0.2, 0.25) is 5.91 Å². The molecule has 3 aromatic rings. The lowest BCUT2D eigenvalue weighted by Crippen LogP contribution is -2.13. The first-order valence-corrected chi connectivity index (χ1v) is 9.44. The van der Waals surface area contributed by atoms with Crippen molar-refractivity contribution in [2.45, 2.75) is 11.8 Å². The SMILES string of the molecule is O=C(CSc1nnc(COc2ccc(Cl)cc2Cl)o1)Nc1nccs1. The Morgan fingerprint density at radius 1 is 1.36 bits per heavy atom. The van der Waals surface area contributed by atoms with E-state index < -0.39 is 0 Å². The molecule has 0 radical (unpaired) electrons. The molecule has 7 nitrogen and oxygen atoms in total. The van der Waals surface area contributed by atoms with Crippen molar-refractivity contribution < 1.29 is 13.9 Å². The minimum absolute atomic E-state index is 0.0558. The molecule has 0 unspecified atom stereocenters. The Balaban J connectivity index is 1.48. The van der Waals surface area contributed by atoms with E-state index in [0.29, 0.717) is 20.9 Å². The van der Waals surface area contributed by atoms with Crippen LogP contribution in [0, 0.1) is 0 Å². The van der Waals surface area contributed by atoms with Gasteiger partial charge in [0, 0.05) is 16.6 Å².